The van der Waals surface area contributed by atoms with Gasteiger partial charge in [-0.2, -0.15) is 12.8 Å². The fourth-order valence-corrected chi connectivity index (χ4v) is 2.55. The van der Waals surface area contributed by atoms with Crippen molar-refractivity contribution < 1.29 is 8.42 Å². The van der Waals surface area contributed by atoms with E-state index in [1.807, 2.05) is 0 Å². The van der Waals surface area contributed by atoms with Gasteiger partial charge >= 0.3 is 0 Å². The highest BCUT2D eigenvalue weighted by Gasteiger charge is 2.24. The predicted octanol–water partition coefficient (Wildman–Crippen LogP) is -0.333. The van der Waals surface area contributed by atoms with Gasteiger partial charge in [0, 0.05) is 18.3 Å². The van der Waals surface area contributed by atoms with Gasteiger partial charge in [-0.3, -0.25) is 4.90 Å². The number of hydrogen-bond donors (Lipinski definition) is 1. The van der Waals surface area contributed by atoms with E-state index in [1.54, 1.807) is 0 Å². The molecule has 2 heterocycles. The minimum absolute atomic E-state index is 0.0793. The van der Waals surface area contributed by atoms with Crippen molar-refractivity contribution in [3.8, 4) is 0 Å². The Kier molecular flexibility index (Phi) is 2.32. The Bertz CT molecular complexity index is 391. The molecule has 0 aromatic carbocycles. The van der Waals surface area contributed by atoms with E-state index in [9.17, 15) is 8.42 Å². The third kappa shape index (κ3) is 1.67. The zero-order valence-electron chi connectivity index (χ0n) is 7.81. The summed E-state index contributed by atoms with van der Waals surface area (Å²) in [7, 11) is -3.52. The van der Waals surface area contributed by atoms with Crippen molar-refractivity contribution in [1.29, 1.82) is 0 Å². The lowest BCUT2D eigenvalue weighted by Crippen LogP contribution is -2.24. The van der Waals surface area contributed by atoms with E-state index >= 15 is 0 Å². The number of rotatable bonds is 2. The molecule has 0 aromatic rings. The van der Waals surface area contributed by atoms with E-state index in [-0.39, 0.29) is 5.03 Å². The highest BCUT2D eigenvalue weighted by molar-refractivity contribution is 7.94. The maximum atomic E-state index is 11.1. The van der Waals surface area contributed by atoms with Crippen LogP contribution in [0, 0.1) is 0 Å². The van der Waals surface area contributed by atoms with Crippen LogP contribution in [0.25, 0.3) is 0 Å². The third-order valence-electron chi connectivity index (χ3n) is 2.53. The van der Waals surface area contributed by atoms with Gasteiger partial charge in [0.15, 0.2) is 5.03 Å². The lowest BCUT2D eigenvalue weighted by atomic mass is 10.3. The van der Waals surface area contributed by atoms with Crippen molar-refractivity contribution in [3.05, 3.63) is 10.6 Å². The first-order valence-corrected chi connectivity index (χ1v) is 6.05. The second kappa shape index (κ2) is 3.36. The number of nitrogens with two attached hydrogens (primary N) is 1. The van der Waals surface area contributed by atoms with Crippen LogP contribution in [-0.2, 0) is 10.0 Å². The average Bonchev–Trinajstić information content (AvgIpc) is 2.70. The number of hydrogen-bond acceptors (Lipinski definition) is 4. The first-order valence-electron chi connectivity index (χ1n) is 4.61. The second-order valence-electron chi connectivity index (χ2n) is 3.58. The van der Waals surface area contributed by atoms with E-state index in [0.717, 1.165) is 13.1 Å². The van der Waals surface area contributed by atoms with Crippen molar-refractivity contribution >= 4 is 16.2 Å². The number of sulfonamides is 1. The molecular weight excluding hydrogens is 202 g/mol. The summed E-state index contributed by atoms with van der Waals surface area (Å²) in [6.45, 7) is 2.64. The van der Waals surface area contributed by atoms with Gasteiger partial charge in [0.2, 0.25) is 0 Å². The zero-order valence-corrected chi connectivity index (χ0v) is 8.63. The average molecular weight is 215 g/mol. The van der Waals surface area contributed by atoms with Crippen LogP contribution in [0.5, 0.6) is 0 Å². The summed E-state index contributed by atoms with van der Waals surface area (Å²) in [6, 6.07) is 0. The molecule has 2 aliphatic rings. The molecule has 1 fully saturated rings. The van der Waals surface area contributed by atoms with Crippen LogP contribution in [0.3, 0.4) is 0 Å². The molecule has 0 bridgehead atoms. The quantitative estimate of drug-likeness (QED) is 0.684. The molecule has 6 heteroatoms. The molecule has 0 spiro atoms. The summed E-state index contributed by atoms with van der Waals surface area (Å²) in [4.78, 5) is 2.19. The summed E-state index contributed by atoms with van der Waals surface area (Å²) < 4.78 is 25.7. The van der Waals surface area contributed by atoms with E-state index in [1.165, 1.54) is 19.1 Å². The first kappa shape index (κ1) is 9.67. The standard InChI is InChI=1S/C8H13N3O2S/c9-8-7(5-10-14(8,12)13)6-11-3-1-2-4-11/h5H,1-4,6,9H2. The molecule has 2 rings (SSSR count). The van der Waals surface area contributed by atoms with Crippen molar-refractivity contribution in [1.82, 2.24) is 4.90 Å². The Morgan fingerprint density at radius 2 is 2.07 bits per heavy atom. The van der Waals surface area contributed by atoms with E-state index in [0.29, 0.717) is 12.1 Å². The summed E-state index contributed by atoms with van der Waals surface area (Å²) in [5, 5.41) is -0.0793. The summed E-state index contributed by atoms with van der Waals surface area (Å²) in [6.07, 6.45) is 3.72. The van der Waals surface area contributed by atoms with Crippen molar-refractivity contribution in [2.75, 3.05) is 19.6 Å². The Labute approximate surface area is 83.3 Å². The molecule has 0 saturated carbocycles. The van der Waals surface area contributed by atoms with Crippen LogP contribution in [0.1, 0.15) is 12.8 Å². The summed E-state index contributed by atoms with van der Waals surface area (Å²) in [5.74, 6) is 0. The van der Waals surface area contributed by atoms with E-state index in [4.69, 9.17) is 5.73 Å². The van der Waals surface area contributed by atoms with Gasteiger partial charge in [-0.25, -0.2) is 0 Å². The largest absolute Gasteiger partial charge is 0.388 e. The molecule has 5 nitrogen and oxygen atoms in total. The van der Waals surface area contributed by atoms with Crippen molar-refractivity contribution in [2.45, 2.75) is 12.8 Å². The van der Waals surface area contributed by atoms with E-state index < -0.39 is 10.0 Å². The normalized spacial score (nSPS) is 26.3. The highest BCUT2D eigenvalue weighted by atomic mass is 32.2. The molecule has 2 aliphatic heterocycles. The predicted molar refractivity (Wildman–Crippen MR) is 54.3 cm³/mol. The van der Waals surface area contributed by atoms with Crippen LogP contribution < -0.4 is 5.73 Å². The molecule has 0 radical (unpaired) electrons. The number of likely N-dealkylation sites (tertiary alicyclic amines) is 1. The fourth-order valence-electron chi connectivity index (χ4n) is 1.72. The minimum Gasteiger partial charge on any atom is -0.388 e. The molecule has 1 saturated heterocycles. The van der Waals surface area contributed by atoms with Crippen LogP contribution in [-0.4, -0.2) is 39.2 Å². The highest BCUT2D eigenvalue weighted by Crippen LogP contribution is 2.17. The fraction of sp³-hybridized carbons (Fsp3) is 0.625. The Balaban J connectivity index is 2.12. The SMILES string of the molecule is NC1=C(CN2CCCC2)C=NS1(=O)=O. The monoisotopic (exact) mass is 215 g/mol. The number of nitrogens with zero attached hydrogens (tertiary/aromatic N) is 2. The Hall–Kier alpha value is -0.880. The van der Waals surface area contributed by atoms with Crippen LogP contribution >= 0.6 is 0 Å². The minimum atomic E-state index is -3.52. The lowest BCUT2D eigenvalue weighted by molar-refractivity contribution is 0.373. The third-order valence-corrected chi connectivity index (χ3v) is 3.74. The maximum Gasteiger partial charge on any atom is 0.297 e. The summed E-state index contributed by atoms with van der Waals surface area (Å²) >= 11 is 0. The molecule has 14 heavy (non-hydrogen) atoms. The summed E-state index contributed by atoms with van der Waals surface area (Å²) in [5.41, 5.74) is 6.11. The van der Waals surface area contributed by atoms with Gasteiger partial charge in [0.1, 0.15) is 0 Å². The molecular formula is C8H13N3O2S. The van der Waals surface area contributed by atoms with Crippen LogP contribution in [0.2, 0.25) is 0 Å². The zero-order chi connectivity index (χ0) is 10.2. The second-order valence-corrected chi connectivity index (χ2v) is 5.18. The molecule has 0 aliphatic carbocycles. The molecule has 0 unspecified atom stereocenters. The van der Waals surface area contributed by atoms with Gasteiger partial charge in [-0.15, -0.1) is 0 Å². The van der Waals surface area contributed by atoms with Crippen LogP contribution in [0.15, 0.2) is 15.0 Å². The maximum absolute atomic E-state index is 11.1. The van der Waals surface area contributed by atoms with Crippen molar-refractivity contribution in [2.24, 2.45) is 10.1 Å². The molecule has 0 aromatic heterocycles. The smallest absolute Gasteiger partial charge is 0.297 e. The Morgan fingerprint density at radius 1 is 1.43 bits per heavy atom. The van der Waals surface area contributed by atoms with E-state index in [2.05, 4.69) is 9.30 Å². The topological polar surface area (TPSA) is 75.8 Å². The molecule has 2 N–H and O–H groups in total. The van der Waals surface area contributed by atoms with Gasteiger partial charge in [-0.1, -0.05) is 0 Å². The first-order chi connectivity index (χ1) is 6.59. The van der Waals surface area contributed by atoms with Gasteiger partial charge in [0.05, 0.1) is 0 Å². The van der Waals surface area contributed by atoms with Gasteiger partial charge in [0.25, 0.3) is 10.0 Å². The van der Waals surface area contributed by atoms with Crippen LogP contribution in [0.4, 0.5) is 0 Å². The van der Waals surface area contributed by atoms with Crippen molar-refractivity contribution in [3.63, 3.8) is 0 Å². The Morgan fingerprint density at radius 3 is 2.57 bits per heavy atom. The van der Waals surface area contributed by atoms with Gasteiger partial charge in [-0.05, 0) is 25.9 Å². The van der Waals surface area contributed by atoms with Gasteiger partial charge < -0.3 is 5.73 Å². The molecule has 0 amide bonds. The molecule has 0 atom stereocenters. The lowest BCUT2D eigenvalue weighted by Gasteiger charge is -2.13. The molecule has 78 valence electrons.